The fourth-order valence-corrected chi connectivity index (χ4v) is 3.26. The Balaban J connectivity index is 1.41. The first kappa shape index (κ1) is 18.0. The zero-order valence-electron chi connectivity index (χ0n) is 15.7. The SMILES string of the molecule is CC(=O)c1ccc(NC(=O)Cc2cc(-c3ccc4c(c3)CC(C)O4)on2)cc1. The van der Waals surface area contributed by atoms with Crippen molar-refractivity contribution in [3.63, 3.8) is 0 Å². The summed E-state index contributed by atoms with van der Waals surface area (Å²) in [5.41, 5.74) is 3.85. The zero-order chi connectivity index (χ0) is 19.7. The number of amides is 1. The van der Waals surface area contributed by atoms with Crippen molar-refractivity contribution >= 4 is 17.4 Å². The summed E-state index contributed by atoms with van der Waals surface area (Å²) in [4.78, 5) is 23.6. The molecular formula is C22H20N2O4. The van der Waals surface area contributed by atoms with E-state index in [2.05, 4.69) is 10.5 Å². The lowest BCUT2D eigenvalue weighted by molar-refractivity contribution is -0.115. The Hall–Kier alpha value is -3.41. The van der Waals surface area contributed by atoms with Crippen LogP contribution < -0.4 is 10.1 Å². The van der Waals surface area contributed by atoms with Crippen molar-refractivity contribution in [3.8, 4) is 17.1 Å². The third-order valence-corrected chi connectivity index (χ3v) is 4.66. The summed E-state index contributed by atoms with van der Waals surface area (Å²) in [5.74, 6) is 1.31. The number of nitrogens with one attached hydrogen (secondary N) is 1. The molecule has 1 aliphatic rings. The number of benzene rings is 2. The molecule has 1 atom stereocenters. The van der Waals surface area contributed by atoms with Gasteiger partial charge < -0.3 is 14.6 Å². The Labute approximate surface area is 162 Å². The Bertz CT molecular complexity index is 1040. The Kier molecular flexibility index (Phi) is 4.69. The van der Waals surface area contributed by atoms with Gasteiger partial charge in [0.1, 0.15) is 11.9 Å². The van der Waals surface area contributed by atoms with E-state index in [0.717, 1.165) is 23.3 Å². The lowest BCUT2D eigenvalue weighted by atomic mass is 10.1. The van der Waals surface area contributed by atoms with E-state index in [1.807, 2.05) is 25.1 Å². The second-order valence-corrected chi connectivity index (χ2v) is 7.00. The van der Waals surface area contributed by atoms with Gasteiger partial charge in [-0.15, -0.1) is 0 Å². The summed E-state index contributed by atoms with van der Waals surface area (Å²) in [5, 5.41) is 6.80. The quantitative estimate of drug-likeness (QED) is 0.680. The van der Waals surface area contributed by atoms with Gasteiger partial charge in [-0.25, -0.2) is 0 Å². The monoisotopic (exact) mass is 376 g/mol. The molecular weight excluding hydrogens is 356 g/mol. The van der Waals surface area contributed by atoms with Gasteiger partial charge in [-0.1, -0.05) is 5.16 Å². The molecule has 0 saturated carbocycles. The molecule has 0 saturated heterocycles. The molecule has 4 rings (SSSR count). The maximum Gasteiger partial charge on any atom is 0.230 e. The van der Waals surface area contributed by atoms with Gasteiger partial charge >= 0.3 is 0 Å². The number of rotatable bonds is 5. The number of aromatic nitrogens is 1. The van der Waals surface area contributed by atoms with Crippen LogP contribution >= 0.6 is 0 Å². The molecule has 0 fully saturated rings. The van der Waals surface area contributed by atoms with Crippen molar-refractivity contribution in [1.29, 1.82) is 0 Å². The summed E-state index contributed by atoms with van der Waals surface area (Å²) >= 11 is 0. The van der Waals surface area contributed by atoms with Crippen LogP contribution in [0.1, 0.15) is 35.5 Å². The Morgan fingerprint density at radius 3 is 2.68 bits per heavy atom. The molecule has 0 spiro atoms. The van der Waals surface area contributed by atoms with E-state index in [1.165, 1.54) is 6.92 Å². The van der Waals surface area contributed by atoms with Gasteiger partial charge in [-0.2, -0.15) is 0 Å². The number of carbonyl (C=O) groups excluding carboxylic acids is 2. The van der Waals surface area contributed by atoms with Crippen molar-refractivity contribution in [2.75, 3.05) is 5.32 Å². The molecule has 1 unspecified atom stereocenters. The molecule has 142 valence electrons. The maximum absolute atomic E-state index is 12.3. The zero-order valence-corrected chi connectivity index (χ0v) is 15.7. The number of ether oxygens (including phenoxy) is 1. The summed E-state index contributed by atoms with van der Waals surface area (Å²) in [6.07, 6.45) is 1.15. The van der Waals surface area contributed by atoms with E-state index in [9.17, 15) is 9.59 Å². The van der Waals surface area contributed by atoms with E-state index >= 15 is 0 Å². The van der Waals surface area contributed by atoms with Gasteiger partial charge in [-0.05, 0) is 61.9 Å². The van der Waals surface area contributed by atoms with Crippen LogP contribution in [0.3, 0.4) is 0 Å². The summed E-state index contributed by atoms with van der Waals surface area (Å²) in [7, 11) is 0. The fraction of sp³-hybridized carbons (Fsp3) is 0.227. The molecule has 28 heavy (non-hydrogen) atoms. The van der Waals surface area contributed by atoms with E-state index in [-0.39, 0.29) is 24.2 Å². The molecule has 6 nitrogen and oxygen atoms in total. The number of fused-ring (bicyclic) bond motifs is 1. The molecule has 1 aliphatic heterocycles. The predicted octanol–water partition coefficient (Wildman–Crippen LogP) is 4.05. The van der Waals surface area contributed by atoms with Crippen LogP contribution in [0.25, 0.3) is 11.3 Å². The highest BCUT2D eigenvalue weighted by Crippen LogP contribution is 2.33. The van der Waals surface area contributed by atoms with Crippen LogP contribution in [-0.2, 0) is 17.6 Å². The topological polar surface area (TPSA) is 81.4 Å². The van der Waals surface area contributed by atoms with Crippen molar-refractivity contribution in [1.82, 2.24) is 5.16 Å². The lowest BCUT2D eigenvalue weighted by Crippen LogP contribution is -2.14. The van der Waals surface area contributed by atoms with Gasteiger partial charge in [0.15, 0.2) is 11.5 Å². The Morgan fingerprint density at radius 1 is 1.14 bits per heavy atom. The van der Waals surface area contributed by atoms with E-state index in [4.69, 9.17) is 9.26 Å². The summed E-state index contributed by atoms with van der Waals surface area (Å²) in [6.45, 7) is 3.54. The standard InChI is InChI=1S/C22H20N2O4/c1-13-9-17-10-16(5-8-20(17)27-13)21-11-19(24-28-21)12-22(26)23-18-6-3-15(4-7-18)14(2)25/h3-8,10-11,13H,9,12H2,1-2H3,(H,23,26). The van der Waals surface area contributed by atoms with Crippen molar-refractivity contribution in [2.45, 2.75) is 32.8 Å². The average molecular weight is 376 g/mol. The minimum atomic E-state index is -0.202. The number of anilines is 1. The predicted molar refractivity (Wildman–Crippen MR) is 105 cm³/mol. The highest BCUT2D eigenvalue weighted by molar-refractivity contribution is 5.96. The number of hydrogen-bond acceptors (Lipinski definition) is 5. The molecule has 0 radical (unpaired) electrons. The van der Waals surface area contributed by atoms with Gasteiger partial charge in [0.25, 0.3) is 0 Å². The fourth-order valence-electron chi connectivity index (χ4n) is 3.26. The van der Waals surface area contributed by atoms with Crippen LogP contribution in [0.5, 0.6) is 5.75 Å². The average Bonchev–Trinajstić information content (AvgIpc) is 3.26. The first-order valence-corrected chi connectivity index (χ1v) is 9.14. The van der Waals surface area contributed by atoms with Crippen LogP contribution in [0.4, 0.5) is 5.69 Å². The maximum atomic E-state index is 12.3. The largest absolute Gasteiger partial charge is 0.490 e. The van der Waals surface area contributed by atoms with E-state index in [1.54, 1.807) is 30.3 Å². The minimum Gasteiger partial charge on any atom is -0.490 e. The van der Waals surface area contributed by atoms with Gasteiger partial charge in [-0.3, -0.25) is 9.59 Å². The highest BCUT2D eigenvalue weighted by Gasteiger charge is 2.20. The van der Waals surface area contributed by atoms with Crippen LogP contribution in [0.15, 0.2) is 53.1 Å². The number of hydrogen-bond donors (Lipinski definition) is 1. The number of nitrogens with zero attached hydrogens (tertiary/aromatic N) is 1. The molecule has 6 heteroatoms. The minimum absolute atomic E-state index is 0.0134. The number of Topliss-reactive ketones (excluding diaryl/α,β-unsaturated/α-hetero) is 1. The molecule has 1 N–H and O–H groups in total. The van der Waals surface area contributed by atoms with Crippen molar-refractivity contribution in [3.05, 3.63) is 65.4 Å². The van der Waals surface area contributed by atoms with Crippen molar-refractivity contribution in [2.24, 2.45) is 0 Å². The van der Waals surface area contributed by atoms with Crippen molar-refractivity contribution < 1.29 is 18.8 Å². The van der Waals surface area contributed by atoms with Gasteiger partial charge in [0, 0.05) is 29.3 Å². The smallest absolute Gasteiger partial charge is 0.230 e. The van der Waals surface area contributed by atoms with E-state index < -0.39 is 0 Å². The van der Waals surface area contributed by atoms with Gasteiger partial charge in [0.2, 0.25) is 5.91 Å². The van der Waals surface area contributed by atoms with E-state index in [0.29, 0.717) is 22.7 Å². The highest BCUT2D eigenvalue weighted by atomic mass is 16.5. The van der Waals surface area contributed by atoms with Crippen LogP contribution in [-0.4, -0.2) is 23.0 Å². The molecule has 1 aromatic heterocycles. The molecule has 2 aromatic carbocycles. The molecule has 0 aliphatic carbocycles. The molecule has 3 aromatic rings. The normalized spacial score (nSPS) is 15.0. The molecule has 1 amide bonds. The first-order valence-electron chi connectivity index (χ1n) is 9.14. The second kappa shape index (κ2) is 7.31. The summed E-state index contributed by atoms with van der Waals surface area (Å²) < 4.78 is 11.1. The summed E-state index contributed by atoms with van der Waals surface area (Å²) in [6, 6.07) is 14.5. The lowest BCUT2D eigenvalue weighted by Gasteiger charge is -2.04. The Morgan fingerprint density at radius 2 is 1.93 bits per heavy atom. The number of carbonyl (C=O) groups is 2. The second-order valence-electron chi connectivity index (χ2n) is 7.00. The molecule has 0 bridgehead atoms. The van der Waals surface area contributed by atoms with Crippen LogP contribution in [0, 0.1) is 0 Å². The van der Waals surface area contributed by atoms with Gasteiger partial charge in [0.05, 0.1) is 12.1 Å². The molecule has 2 heterocycles. The third-order valence-electron chi connectivity index (χ3n) is 4.66. The number of ketones is 1. The van der Waals surface area contributed by atoms with Crippen LogP contribution in [0.2, 0.25) is 0 Å². The third kappa shape index (κ3) is 3.81. The first-order chi connectivity index (χ1) is 13.5.